The lowest BCUT2D eigenvalue weighted by molar-refractivity contribution is 0.786. The molecule has 0 radical (unpaired) electrons. The molecule has 1 aliphatic heterocycles. The predicted octanol–water partition coefficient (Wildman–Crippen LogP) is 3.37. The minimum absolute atomic E-state index is 0.930. The second-order valence-corrected chi connectivity index (χ2v) is 5.21. The molecule has 3 aromatic rings. The number of hydrogen-bond acceptors (Lipinski definition) is 3. The van der Waals surface area contributed by atoms with Gasteiger partial charge in [0.05, 0.1) is 22.6 Å². The molecule has 0 fully saturated rings. The van der Waals surface area contributed by atoms with Crippen molar-refractivity contribution in [1.29, 1.82) is 0 Å². The number of aromatic nitrogens is 2. The first kappa shape index (κ1) is 10.0. The van der Waals surface area contributed by atoms with Crippen LogP contribution in [0.4, 0.5) is 5.69 Å². The Bertz CT molecular complexity index is 720. The summed E-state index contributed by atoms with van der Waals surface area (Å²) in [5.41, 5.74) is 3.44. The zero-order chi connectivity index (χ0) is 11.9. The number of anilines is 1. The highest BCUT2D eigenvalue weighted by atomic mass is 32.2. The largest absolute Gasteiger partial charge is 0.268 e. The van der Waals surface area contributed by atoms with Gasteiger partial charge in [0, 0.05) is 4.90 Å². The first-order valence-electron chi connectivity index (χ1n) is 5.85. The zero-order valence-corrected chi connectivity index (χ0v) is 10.5. The van der Waals surface area contributed by atoms with Gasteiger partial charge in [0.15, 0.2) is 0 Å². The van der Waals surface area contributed by atoms with Crippen LogP contribution in [-0.2, 0) is 0 Å². The standard InChI is InChI=1S/C14H11N3S/c1-2-6-12-11(5-1)15-9-16(12)17-10-18-14-8-4-3-7-13(14)17/h1-9H,10H2. The molecule has 1 aromatic heterocycles. The Hall–Kier alpha value is -1.94. The maximum atomic E-state index is 4.45. The summed E-state index contributed by atoms with van der Waals surface area (Å²) in [6.07, 6.45) is 1.90. The van der Waals surface area contributed by atoms with Crippen LogP contribution in [-0.4, -0.2) is 15.5 Å². The lowest BCUT2D eigenvalue weighted by Gasteiger charge is -2.20. The Morgan fingerprint density at radius 1 is 1.00 bits per heavy atom. The van der Waals surface area contributed by atoms with Crippen LogP contribution < -0.4 is 5.01 Å². The van der Waals surface area contributed by atoms with E-state index in [2.05, 4.69) is 51.1 Å². The smallest absolute Gasteiger partial charge is 0.116 e. The molecule has 4 rings (SSSR count). The molecule has 0 unspecified atom stereocenters. The van der Waals surface area contributed by atoms with Crippen LogP contribution in [0, 0.1) is 0 Å². The third-order valence-electron chi connectivity index (χ3n) is 3.18. The molecule has 18 heavy (non-hydrogen) atoms. The van der Waals surface area contributed by atoms with Crippen molar-refractivity contribution >= 4 is 28.5 Å². The fourth-order valence-electron chi connectivity index (χ4n) is 2.31. The Kier molecular flexibility index (Phi) is 2.11. The number of rotatable bonds is 1. The molecule has 3 nitrogen and oxygen atoms in total. The first-order chi connectivity index (χ1) is 8.93. The average Bonchev–Trinajstić information content (AvgIpc) is 3.01. The lowest BCUT2D eigenvalue weighted by Crippen LogP contribution is -2.25. The van der Waals surface area contributed by atoms with Crippen molar-refractivity contribution in [3.05, 3.63) is 54.9 Å². The molecule has 0 aliphatic carbocycles. The summed E-state index contributed by atoms with van der Waals surface area (Å²) < 4.78 is 2.13. The highest BCUT2D eigenvalue weighted by Crippen LogP contribution is 2.38. The Morgan fingerprint density at radius 3 is 2.83 bits per heavy atom. The van der Waals surface area contributed by atoms with E-state index < -0.39 is 0 Å². The van der Waals surface area contributed by atoms with E-state index in [0.29, 0.717) is 0 Å². The number of para-hydroxylation sites is 3. The summed E-state index contributed by atoms with van der Waals surface area (Å²) in [6, 6.07) is 16.7. The molecular weight excluding hydrogens is 242 g/mol. The van der Waals surface area contributed by atoms with Crippen molar-refractivity contribution in [2.75, 3.05) is 10.9 Å². The molecule has 0 N–H and O–H groups in total. The van der Waals surface area contributed by atoms with E-state index in [1.54, 1.807) is 0 Å². The number of fused-ring (bicyclic) bond motifs is 2. The maximum Gasteiger partial charge on any atom is 0.116 e. The van der Waals surface area contributed by atoms with E-state index in [9.17, 15) is 0 Å². The molecule has 2 aromatic carbocycles. The van der Waals surface area contributed by atoms with E-state index in [-0.39, 0.29) is 0 Å². The molecule has 4 heteroatoms. The predicted molar refractivity (Wildman–Crippen MR) is 74.8 cm³/mol. The average molecular weight is 253 g/mol. The van der Waals surface area contributed by atoms with Gasteiger partial charge >= 0.3 is 0 Å². The van der Waals surface area contributed by atoms with E-state index in [0.717, 1.165) is 16.9 Å². The topological polar surface area (TPSA) is 21.1 Å². The number of imidazole rings is 1. The summed E-state index contributed by atoms with van der Waals surface area (Å²) in [5, 5.41) is 2.26. The summed E-state index contributed by atoms with van der Waals surface area (Å²) in [4.78, 5) is 5.78. The van der Waals surface area contributed by atoms with E-state index in [1.807, 2.05) is 30.2 Å². The van der Waals surface area contributed by atoms with Gasteiger partial charge in [0.25, 0.3) is 0 Å². The van der Waals surface area contributed by atoms with Crippen LogP contribution >= 0.6 is 11.8 Å². The normalized spacial score (nSPS) is 14.1. The van der Waals surface area contributed by atoms with Crippen molar-refractivity contribution in [3.8, 4) is 0 Å². The van der Waals surface area contributed by atoms with E-state index in [4.69, 9.17) is 0 Å². The molecule has 2 heterocycles. The number of thioether (sulfide) groups is 1. The third-order valence-corrected chi connectivity index (χ3v) is 4.21. The van der Waals surface area contributed by atoms with Crippen LogP contribution in [0.2, 0.25) is 0 Å². The van der Waals surface area contributed by atoms with Crippen LogP contribution in [0.1, 0.15) is 0 Å². The molecule has 0 spiro atoms. The Labute approximate surface area is 109 Å². The van der Waals surface area contributed by atoms with Crippen LogP contribution in [0.15, 0.2) is 59.8 Å². The minimum Gasteiger partial charge on any atom is -0.268 e. The molecule has 88 valence electrons. The van der Waals surface area contributed by atoms with Gasteiger partial charge in [0.1, 0.15) is 6.33 Å². The number of hydrogen-bond donors (Lipinski definition) is 0. The molecule has 0 saturated carbocycles. The first-order valence-corrected chi connectivity index (χ1v) is 6.84. The van der Waals surface area contributed by atoms with Gasteiger partial charge in [-0.2, -0.15) is 0 Å². The van der Waals surface area contributed by atoms with Crippen LogP contribution in [0.25, 0.3) is 11.0 Å². The Balaban J connectivity index is 1.90. The minimum atomic E-state index is 0.930. The van der Waals surface area contributed by atoms with Gasteiger partial charge in [-0.25, -0.2) is 9.66 Å². The molecular formula is C14H11N3S. The third kappa shape index (κ3) is 1.36. The molecule has 0 bridgehead atoms. The van der Waals surface area contributed by atoms with Crippen LogP contribution in [0.3, 0.4) is 0 Å². The highest BCUT2D eigenvalue weighted by molar-refractivity contribution is 7.99. The summed E-state index contributed by atoms with van der Waals surface area (Å²) in [7, 11) is 0. The quantitative estimate of drug-likeness (QED) is 0.663. The fourth-order valence-corrected chi connectivity index (χ4v) is 3.33. The maximum absolute atomic E-state index is 4.45. The molecule has 0 atom stereocenters. The van der Waals surface area contributed by atoms with Gasteiger partial charge < -0.3 is 0 Å². The van der Waals surface area contributed by atoms with Crippen LogP contribution in [0.5, 0.6) is 0 Å². The summed E-state index contributed by atoms with van der Waals surface area (Å²) >= 11 is 1.86. The monoisotopic (exact) mass is 253 g/mol. The summed E-state index contributed by atoms with van der Waals surface area (Å²) in [6.45, 7) is 0. The molecule has 1 aliphatic rings. The van der Waals surface area contributed by atoms with Crippen molar-refractivity contribution in [3.63, 3.8) is 0 Å². The van der Waals surface area contributed by atoms with Gasteiger partial charge in [-0.15, -0.1) is 11.8 Å². The van der Waals surface area contributed by atoms with Crippen molar-refractivity contribution in [2.24, 2.45) is 0 Å². The van der Waals surface area contributed by atoms with E-state index in [1.165, 1.54) is 10.6 Å². The Morgan fingerprint density at radius 2 is 1.83 bits per heavy atom. The summed E-state index contributed by atoms with van der Waals surface area (Å²) in [5.74, 6) is 0.930. The van der Waals surface area contributed by atoms with Gasteiger partial charge in [-0.3, -0.25) is 5.01 Å². The molecule has 0 saturated heterocycles. The second kappa shape index (κ2) is 3.78. The van der Waals surface area contributed by atoms with Gasteiger partial charge in [-0.05, 0) is 24.3 Å². The van der Waals surface area contributed by atoms with Gasteiger partial charge in [-0.1, -0.05) is 24.3 Å². The van der Waals surface area contributed by atoms with Crippen molar-refractivity contribution in [2.45, 2.75) is 4.90 Å². The van der Waals surface area contributed by atoms with Crippen molar-refractivity contribution in [1.82, 2.24) is 9.66 Å². The van der Waals surface area contributed by atoms with Gasteiger partial charge in [0.2, 0.25) is 0 Å². The second-order valence-electron chi connectivity index (χ2n) is 4.22. The highest BCUT2D eigenvalue weighted by Gasteiger charge is 2.21. The van der Waals surface area contributed by atoms with E-state index >= 15 is 0 Å². The molecule has 0 amide bonds. The number of benzene rings is 2. The zero-order valence-electron chi connectivity index (χ0n) is 9.65. The lowest BCUT2D eigenvalue weighted by atomic mass is 10.3. The van der Waals surface area contributed by atoms with Crippen molar-refractivity contribution < 1.29 is 0 Å². The SMILES string of the molecule is c1ccc2c(c1)SCN2n1cnc2ccccc21. The fraction of sp³-hybridized carbons (Fsp3) is 0.0714. The number of nitrogens with zero attached hydrogens (tertiary/aromatic N) is 3.